The number of nitrogens with zero attached hydrogens (tertiary/aromatic N) is 2. The van der Waals surface area contributed by atoms with Gasteiger partial charge in [0.15, 0.2) is 0 Å². The quantitative estimate of drug-likeness (QED) is 0.876. The largest absolute Gasteiger partial charge is 0.347 e. The van der Waals surface area contributed by atoms with Crippen LogP contribution in [0.3, 0.4) is 0 Å². The number of nitrogens with one attached hydrogen (secondary N) is 1. The van der Waals surface area contributed by atoms with Gasteiger partial charge in [-0.15, -0.1) is 0 Å². The zero-order valence-electron chi connectivity index (χ0n) is 13.1. The lowest BCUT2D eigenvalue weighted by Gasteiger charge is -2.36. The first-order chi connectivity index (χ1) is 9.91. The molecule has 0 bridgehead atoms. The Labute approximate surface area is 125 Å². The van der Waals surface area contributed by atoms with Crippen molar-refractivity contribution in [2.45, 2.75) is 19.9 Å². The summed E-state index contributed by atoms with van der Waals surface area (Å²) in [7, 11) is 3.44. The van der Waals surface area contributed by atoms with E-state index in [1.807, 2.05) is 32.0 Å². The molecule has 1 aromatic carbocycles. The molecule has 1 fully saturated rings. The molecule has 2 rings (SSSR count). The minimum atomic E-state index is -0.429. The third kappa shape index (κ3) is 3.24. The molecule has 2 amide bonds. The molecular formula is C16H23N3O2. The smallest absolute Gasteiger partial charge is 0.254 e. The van der Waals surface area contributed by atoms with Crippen LogP contribution in [0.15, 0.2) is 18.2 Å². The molecule has 0 spiro atoms. The van der Waals surface area contributed by atoms with Crippen LogP contribution in [0.4, 0.5) is 0 Å². The van der Waals surface area contributed by atoms with E-state index in [4.69, 9.17) is 0 Å². The molecule has 0 saturated carbocycles. The van der Waals surface area contributed by atoms with Crippen LogP contribution in [0.1, 0.15) is 21.5 Å². The van der Waals surface area contributed by atoms with Crippen molar-refractivity contribution in [3.63, 3.8) is 0 Å². The van der Waals surface area contributed by atoms with Crippen LogP contribution >= 0.6 is 0 Å². The molecule has 1 saturated heterocycles. The first-order valence-corrected chi connectivity index (χ1v) is 7.22. The van der Waals surface area contributed by atoms with Gasteiger partial charge in [0.25, 0.3) is 5.91 Å². The van der Waals surface area contributed by atoms with Crippen molar-refractivity contribution in [2.24, 2.45) is 0 Å². The van der Waals surface area contributed by atoms with Gasteiger partial charge in [0, 0.05) is 39.3 Å². The van der Waals surface area contributed by atoms with Gasteiger partial charge in [-0.2, -0.15) is 0 Å². The molecule has 1 aliphatic heterocycles. The fraction of sp³-hybridized carbons (Fsp3) is 0.500. The lowest BCUT2D eigenvalue weighted by atomic mass is 10.0. The number of hydrogen-bond acceptors (Lipinski definition) is 3. The van der Waals surface area contributed by atoms with Gasteiger partial charge in [0.2, 0.25) is 5.91 Å². The summed E-state index contributed by atoms with van der Waals surface area (Å²) >= 11 is 0. The molecule has 1 atom stereocenters. The van der Waals surface area contributed by atoms with E-state index in [0.29, 0.717) is 25.2 Å². The monoisotopic (exact) mass is 289 g/mol. The van der Waals surface area contributed by atoms with E-state index in [9.17, 15) is 9.59 Å². The summed E-state index contributed by atoms with van der Waals surface area (Å²) < 4.78 is 0. The van der Waals surface area contributed by atoms with Crippen molar-refractivity contribution in [2.75, 3.05) is 33.7 Å². The molecule has 1 heterocycles. The van der Waals surface area contributed by atoms with E-state index >= 15 is 0 Å². The van der Waals surface area contributed by atoms with E-state index in [2.05, 4.69) is 5.32 Å². The topological polar surface area (TPSA) is 52.7 Å². The Kier molecular flexibility index (Phi) is 4.63. The Balaban J connectivity index is 2.30. The number of carbonyl (C=O) groups excluding carboxylic acids is 2. The van der Waals surface area contributed by atoms with Gasteiger partial charge in [-0.25, -0.2) is 0 Å². The van der Waals surface area contributed by atoms with E-state index in [1.165, 1.54) is 0 Å². The summed E-state index contributed by atoms with van der Waals surface area (Å²) in [4.78, 5) is 28.4. The van der Waals surface area contributed by atoms with Gasteiger partial charge >= 0.3 is 0 Å². The molecule has 5 heteroatoms. The molecule has 0 radical (unpaired) electrons. The van der Waals surface area contributed by atoms with Gasteiger partial charge in [-0.3, -0.25) is 9.59 Å². The van der Waals surface area contributed by atoms with Crippen molar-refractivity contribution in [3.05, 3.63) is 34.9 Å². The molecule has 5 nitrogen and oxygen atoms in total. The van der Waals surface area contributed by atoms with Crippen LogP contribution in [0.5, 0.6) is 0 Å². The fourth-order valence-electron chi connectivity index (χ4n) is 2.59. The second-order valence-electron chi connectivity index (χ2n) is 5.77. The zero-order valence-corrected chi connectivity index (χ0v) is 13.1. The Morgan fingerprint density at radius 3 is 2.67 bits per heavy atom. The van der Waals surface area contributed by atoms with Crippen LogP contribution < -0.4 is 5.32 Å². The number of carbonyl (C=O) groups is 2. The Morgan fingerprint density at radius 2 is 2.00 bits per heavy atom. The Morgan fingerprint density at radius 1 is 1.29 bits per heavy atom. The predicted molar refractivity (Wildman–Crippen MR) is 82.3 cm³/mol. The normalized spacial score (nSPS) is 18.5. The first kappa shape index (κ1) is 15.5. The zero-order chi connectivity index (χ0) is 15.6. The van der Waals surface area contributed by atoms with Crippen LogP contribution in [-0.2, 0) is 4.79 Å². The van der Waals surface area contributed by atoms with Gasteiger partial charge in [0.1, 0.15) is 6.04 Å². The van der Waals surface area contributed by atoms with Crippen molar-refractivity contribution in [3.8, 4) is 0 Å². The highest BCUT2D eigenvalue weighted by molar-refractivity contribution is 5.99. The fourth-order valence-corrected chi connectivity index (χ4v) is 2.59. The van der Waals surface area contributed by atoms with Crippen molar-refractivity contribution in [1.82, 2.24) is 15.1 Å². The maximum absolute atomic E-state index is 12.8. The molecule has 1 aliphatic rings. The summed E-state index contributed by atoms with van der Waals surface area (Å²) in [5.74, 6) is -0.0984. The molecular weight excluding hydrogens is 266 g/mol. The molecule has 0 aliphatic carbocycles. The van der Waals surface area contributed by atoms with E-state index in [1.54, 1.807) is 23.9 Å². The van der Waals surface area contributed by atoms with Crippen molar-refractivity contribution >= 4 is 11.8 Å². The summed E-state index contributed by atoms with van der Waals surface area (Å²) in [5.41, 5.74) is 2.68. The van der Waals surface area contributed by atoms with Gasteiger partial charge in [-0.05, 0) is 25.5 Å². The average Bonchev–Trinajstić information content (AvgIpc) is 2.48. The maximum Gasteiger partial charge on any atom is 0.254 e. The second kappa shape index (κ2) is 6.26. The highest BCUT2D eigenvalue weighted by atomic mass is 16.2. The average molecular weight is 289 g/mol. The van der Waals surface area contributed by atoms with Crippen LogP contribution in [-0.4, -0.2) is 61.4 Å². The Hall–Kier alpha value is -1.88. The maximum atomic E-state index is 12.8. The number of rotatable bonds is 2. The number of piperazine rings is 1. The van der Waals surface area contributed by atoms with E-state index in [-0.39, 0.29) is 11.8 Å². The van der Waals surface area contributed by atoms with Gasteiger partial charge in [0.05, 0.1) is 0 Å². The summed E-state index contributed by atoms with van der Waals surface area (Å²) in [6, 6.07) is 5.41. The molecule has 1 N–H and O–H groups in total. The van der Waals surface area contributed by atoms with Crippen LogP contribution in [0.25, 0.3) is 0 Å². The van der Waals surface area contributed by atoms with Gasteiger partial charge in [-0.1, -0.05) is 17.7 Å². The van der Waals surface area contributed by atoms with Gasteiger partial charge < -0.3 is 15.1 Å². The molecule has 21 heavy (non-hydrogen) atoms. The minimum Gasteiger partial charge on any atom is -0.347 e. The molecule has 0 aromatic heterocycles. The van der Waals surface area contributed by atoms with Crippen LogP contribution in [0.2, 0.25) is 0 Å². The SMILES string of the molecule is Cc1ccc(C)c(C(=O)N2CCNCC2C(=O)N(C)C)c1. The number of benzene rings is 1. The minimum absolute atomic E-state index is 0.0409. The third-order valence-electron chi connectivity index (χ3n) is 3.85. The lowest BCUT2D eigenvalue weighted by molar-refractivity contribution is -0.134. The third-order valence-corrected chi connectivity index (χ3v) is 3.85. The number of likely N-dealkylation sites (N-methyl/N-ethyl adjacent to an activating group) is 1. The number of aryl methyl sites for hydroxylation is 2. The highest BCUT2D eigenvalue weighted by Crippen LogP contribution is 2.17. The molecule has 114 valence electrons. The predicted octanol–water partition coefficient (Wildman–Crippen LogP) is 0.806. The number of amides is 2. The van der Waals surface area contributed by atoms with E-state index in [0.717, 1.165) is 11.1 Å². The molecule has 1 aromatic rings. The second-order valence-corrected chi connectivity index (χ2v) is 5.77. The summed E-state index contributed by atoms with van der Waals surface area (Å²) in [6.07, 6.45) is 0. The highest BCUT2D eigenvalue weighted by Gasteiger charge is 2.33. The van der Waals surface area contributed by atoms with Crippen molar-refractivity contribution in [1.29, 1.82) is 0 Å². The van der Waals surface area contributed by atoms with E-state index < -0.39 is 6.04 Å². The lowest BCUT2D eigenvalue weighted by Crippen LogP contribution is -2.59. The number of hydrogen-bond donors (Lipinski definition) is 1. The summed E-state index contributed by atoms with van der Waals surface area (Å²) in [5, 5.41) is 3.19. The standard InChI is InChI=1S/C16H23N3O2/c1-11-5-6-12(2)13(9-11)15(20)19-8-7-17-10-14(19)16(21)18(3)4/h5-6,9,14,17H,7-8,10H2,1-4H3. The molecule has 1 unspecified atom stereocenters. The Bertz CT molecular complexity index is 554. The first-order valence-electron chi connectivity index (χ1n) is 7.22. The summed E-state index contributed by atoms with van der Waals surface area (Å²) in [6.45, 7) is 5.67. The van der Waals surface area contributed by atoms with Crippen LogP contribution in [0, 0.1) is 13.8 Å². The van der Waals surface area contributed by atoms with Crippen molar-refractivity contribution < 1.29 is 9.59 Å².